The van der Waals surface area contributed by atoms with E-state index in [1.165, 1.54) is 23.2 Å². The standard InChI is InChI=1S/C38H35ClF6N8O4S/c1-16-6-7-17(2)29-26(16)36(55)53(23-9-8-21(39)27-31(23)51(4)49-34(27)50-58(5,56)57)35(47-29)22(12-18-10-19(40)13-20(41)11-18)46-25(54)15-52-32-28(30(48-52)33(42)43)37(3)14-24(37)38(32,44)45/h6-7,9-11,13,21-22,24,33H,8,12,14-15H2,1-5H3,(H,46,54)(H,49,50)/t21?,22-,24?,37?/m0/s1. The zero-order valence-corrected chi connectivity index (χ0v) is 33.0. The molecule has 4 atom stereocenters. The lowest BCUT2D eigenvalue weighted by Crippen LogP contribution is -2.39. The average molecular weight is 849 g/mol. The van der Waals surface area contributed by atoms with Crippen molar-refractivity contribution in [3.05, 3.63) is 109 Å². The number of sulfonamides is 1. The zero-order chi connectivity index (χ0) is 42.0. The first-order valence-corrected chi connectivity index (χ1v) is 20.4. The molecule has 3 aromatic heterocycles. The quantitative estimate of drug-likeness (QED) is 0.119. The van der Waals surface area contributed by atoms with Crippen molar-refractivity contribution in [2.24, 2.45) is 13.0 Å². The topological polar surface area (TPSA) is 146 Å². The van der Waals surface area contributed by atoms with E-state index in [0.717, 1.165) is 18.4 Å². The fraction of sp³-hybridized carbons (Fsp3) is 0.395. The van der Waals surface area contributed by atoms with Crippen LogP contribution in [0.4, 0.5) is 32.2 Å². The molecule has 306 valence electrons. The minimum absolute atomic E-state index is 0.00322. The van der Waals surface area contributed by atoms with Gasteiger partial charge >= 0.3 is 0 Å². The second-order valence-electron chi connectivity index (χ2n) is 15.4. The number of amides is 1. The molecule has 3 aliphatic carbocycles. The molecular weight excluding hydrogens is 814 g/mol. The predicted molar refractivity (Wildman–Crippen MR) is 201 cm³/mol. The van der Waals surface area contributed by atoms with Crippen molar-refractivity contribution in [2.45, 2.75) is 75.8 Å². The molecule has 3 heterocycles. The SMILES string of the molecule is Cc1ccc(C)c2c(=O)n(C3=CCC(Cl)c4c(NS(C)(=O)=O)nn(C)c43)c([C@H](Cc3cc(F)cc(F)c3)NC(=O)Cn3nc(C(F)F)c4c3C(F)(F)C3CC43C)nc12. The van der Waals surface area contributed by atoms with Crippen LogP contribution in [0.25, 0.3) is 16.6 Å². The number of aryl methyl sites for hydroxylation is 3. The van der Waals surface area contributed by atoms with Crippen LogP contribution in [0.1, 0.15) is 88.3 Å². The second-order valence-corrected chi connectivity index (χ2v) is 17.7. The second kappa shape index (κ2) is 13.4. The van der Waals surface area contributed by atoms with Crippen LogP contribution in [-0.4, -0.2) is 49.7 Å². The first kappa shape index (κ1) is 39.6. The third kappa shape index (κ3) is 6.36. The highest BCUT2D eigenvalue weighted by molar-refractivity contribution is 7.92. The van der Waals surface area contributed by atoms with Crippen LogP contribution < -0.4 is 15.6 Å². The molecule has 1 fully saturated rings. The monoisotopic (exact) mass is 848 g/mol. The van der Waals surface area contributed by atoms with Gasteiger partial charge in [0.1, 0.15) is 35.4 Å². The van der Waals surface area contributed by atoms with Crippen molar-refractivity contribution in [1.29, 1.82) is 0 Å². The number of aromatic nitrogens is 6. The maximum Gasteiger partial charge on any atom is 0.293 e. The van der Waals surface area contributed by atoms with E-state index in [4.69, 9.17) is 16.6 Å². The van der Waals surface area contributed by atoms with Gasteiger partial charge in [-0.3, -0.25) is 28.2 Å². The van der Waals surface area contributed by atoms with Crippen LogP contribution in [0.15, 0.2) is 41.2 Å². The number of hydrogen-bond acceptors (Lipinski definition) is 7. The first-order valence-electron chi connectivity index (χ1n) is 18.0. The molecular formula is C38H35ClF6N8O4S. The Bertz CT molecular complexity index is 2780. The molecule has 2 N–H and O–H groups in total. The molecule has 0 radical (unpaired) electrons. The van der Waals surface area contributed by atoms with E-state index in [2.05, 4.69) is 20.2 Å². The van der Waals surface area contributed by atoms with Gasteiger partial charge in [0.2, 0.25) is 15.9 Å². The third-order valence-electron chi connectivity index (χ3n) is 11.2. The lowest BCUT2D eigenvalue weighted by molar-refractivity contribution is -0.123. The van der Waals surface area contributed by atoms with Crippen LogP contribution in [0.3, 0.4) is 0 Å². The van der Waals surface area contributed by atoms with Gasteiger partial charge in [-0.15, -0.1) is 11.6 Å². The van der Waals surface area contributed by atoms with Crippen LogP contribution in [-0.2, 0) is 46.2 Å². The number of carbonyl (C=O) groups excluding carboxylic acids is 1. The maximum absolute atomic E-state index is 15.7. The Kier molecular flexibility index (Phi) is 9.18. The van der Waals surface area contributed by atoms with Gasteiger partial charge in [0.05, 0.1) is 40.0 Å². The number of anilines is 1. The Labute approximate surface area is 331 Å². The van der Waals surface area contributed by atoms with Gasteiger partial charge in [-0.1, -0.05) is 25.1 Å². The van der Waals surface area contributed by atoms with Crippen LogP contribution in [0.5, 0.6) is 0 Å². The van der Waals surface area contributed by atoms with E-state index in [1.807, 2.05) is 0 Å². The molecule has 3 aliphatic rings. The molecule has 12 nitrogen and oxygen atoms in total. The Hall–Kier alpha value is -5.17. The number of carbonyl (C=O) groups is 1. The van der Waals surface area contributed by atoms with Gasteiger partial charge in [0, 0.05) is 42.0 Å². The van der Waals surface area contributed by atoms with E-state index in [9.17, 15) is 35.6 Å². The van der Waals surface area contributed by atoms with Gasteiger partial charge in [-0.25, -0.2) is 31.0 Å². The van der Waals surface area contributed by atoms with Crippen molar-refractivity contribution in [2.75, 3.05) is 11.0 Å². The molecule has 8 rings (SSSR count). The van der Waals surface area contributed by atoms with Crippen molar-refractivity contribution in [3.8, 4) is 0 Å². The van der Waals surface area contributed by atoms with Crippen molar-refractivity contribution in [3.63, 3.8) is 0 Å². The summed E-state index contributed by atoms with van der Waals surface area (Å²) in [7, 11) is -2.37. The highest BCUT2D eigenvalue weighted by atomic mass is 35.5. The fourth-order valence-corrected chi connectivity index (χ4v) is 9.41. The van der Waals surface area contributed by atoms with E-state index < -0.39 is 92.6 Å². The maximum atomic E-state index is 15.7. The summed E-state index contributed by atoms with van der Waals surface area (Å²) in [6.07, 6.45) is -1.05. The summed E-state index contributed by atoms with van der Waals surface area (Å²) < 4.78 is 119. The number of nitrogens with one attached hydrogen (secondary N) is 2. The van der Waals surface area contributed by atoms with Gasteiger partial charge in [0.25, 0.3) is 17.9 Å². The van der Waals surface area contributed by atoms with E-state index in [1.54, 1.807) is 32.1 Å². The lowest BCUT2D eigenvalue weighted by Gasteiger charge is -2.27. The largest absolute Gasteiger partial charge is 0.344 e. The van der Waals surface area contributed by atoms with Gasteiger partial charge in [-0.05, 0) is 55.5 Å². The summed E-state index contributed by atoms with van der Waals surface area (Å²) in [5.74, 6) is -7.99. The highest BCUT2D eigenvalue weighted by Gasteiger charge is 2.74. The van der Waals surface area contributed by atoms with Crippen LogP contribution in [0.2, 0.25) is 0 Å². The molecule has 20 heteroatoms. The molecule has 0 saturated heterocycles. The molecule has 1 saturated carbocycles. The number of fused-ring (bicyclic) bond motifs is 5. The number of nitrogens with zero attached hydrogens (tertiary/aromatic N) is 6. The molecule has 0 aliphatic heterocycles. The van der Waals surface area contributed by atoms with E-state index in [-0.39, 0.29) is 63.5 Å². The Morgan fingerprint density at radius 3 is 2.41 bits per heavy atom. The lowest BCUT2D eigenvalue weighted by atomic mass is 9.98. The van der Waals surface area contributed by atoms with Crippen molar-refractivity contribution < 1.29 is 39.6 Å². The minimum atomic E-state index is -3.86. The van der Waals surface area contributed by atoms with Gasteiger partial charge in [0.15, 0.2) is 5.82 Å². The molecule has 1 amide bonds. The van der Waals surface area contributed by atoms with Crippen molar-refractivity contribution in [1.82, 2.24) is 34.4 Å². The molecule has 58 heavy (non-hydrogen) atoms. The zero-order valence-electron chi connectivity index (χ0n) is 31.5. The van der Waals surface area contributed by atoms with E-state index in [0.29, 0.717) is 21.9 Å². The summed E-state index contributed by atoms with van der Waals surface area (Å²) in [4.78, 5) is 33.9. The summed E-state index contributed by atoms with van der Waals surface area (Å²) in [5.41, 5.74) is -1.93. The van der Waals surface area contributed by atoms with Crippen molar-refractivity contribution >= 4 is 49.9 Å². The molecule has 5 aromatic rings. The van der Waals surface area contributed by atoms with Gasteiger partial charge in [-0.2, -0.15) is 19.0 Å². The van der Waals surface area contributed by atoms with E-state index >= 15 is 8.78 Å². The molecule has 2 aromatic carbocycles. The third-order valence-corrected chi connectivity index (χ3v) is 12.2. The number of benzene rings is 2. The summed E-state index contributed by atoms with van der Waals surface area (Å²) in [5, 5.41) is 10.2. The average Bonchev–Trinajstić information content (AvgIpc) is 3.41. The smallest absolute Gasteiger partial charge is 0.293 e. The number of allylic oxidation sites excluding steroid dienone is 1. The first-order chi connectivity index (χ1) is 27.1. The Balaban J connectivity index is 1.32. The predicted octanol–water partition coefficient (Wildman–Crippen LogP) is 6.59. The Morgan fingerprint density at radius 2 is 1.76 bits per heavy atom. The number of hydrogen-bond donors (Lipinski definition) is 2. The van der Waals surface area contributed by atoms with Gasteiger partial charge < -0.3 is 5.32 Å². The number of rotatable bonds is 10. The number of halogens is 7. The number of alkyl halides is 5. The summed E-state index contributed by atoms with van der Waals surface area (Å²) >= 11 is 6.74. The molecule has 0 bridgehead atoms. The highest BCUT2D eigenvalue weighted by Crippen LogP contribution is 2.71. The van der Waals surface area contributed by atoms with Crippen LogP contribution >= 0.6 is 11.6 Å². The minimum Gasteiger partial charge on any atom is -0.344 e. The fourth-order valence-electron chi connectivity index (χ4n) is 8.61. The normalized spacial score (nSPS) is 21.1. The molecule has 0 spiro atoms. The Morgan fingerprint density at radius 1 is 1.09 bits per heavy atom. The molecule has 3 unspecified atom stereocenters. The summed E-state index contributed by atoms with van der Waals surface area (Å²) in [6, 6.07) is 4.63. The van der Waals surface area contributed by atoms with Crippen LogP contribution in [0, 0.1) is 31.4 Å². The summed E-state index contributed by atoms with van der Waals surface area (Å²) in [6.45, 7) is 3.88.